The van der Waals surface area contributed by atoms with E-state index >= 15 is 0 Å². The summed E-state index contributed by atoms with van der Waals surface area (Å²) in [5, 5.41) is 17.0. The number of sulfonamides is 1. The second kappa shape index (κ2) is 4.99. The summed E-state index contributed by atoms with van der Waals surface area (Å²) in [6, 6.07) is 2.88. The standard InChI is InChI=1S/C9H11N3O4S/c1-12(4-2-3-10)17(15,16)7-5-8(9(13)14)11-6-7/h5-6,11H,2,4H2,1H3,(H,13,14). The molecule has 0 unspecified atom stereocenters. The molecule has 1 aromatic heterocycles. The minimum Gasteiger partial charge on any atom is -0.477 e. The van der Waals surface area contributed by atoms with Crippen molar-refractivity contribution >= 4 is 16.0 Å². The van der Waals surface area contributed by atoms with Crippen LogP contribution in [-0.4, -0.2) is 42.4 Å². The highest BCUT2D eigenvalue weighted by molar-refractivity contribution is 7.89. The first-order valence-corrected chi connectivity index (χ1v) is 6.08. The van der Waals surface area contributed by atoms with Gasteiger partial charge in [0, 0.05) is 26.2 Å². The number of H-pyrrole nitrogens is 1. The summed E-state index contributed by atoms with van der Waals surface area (Å²) in [7, 11) is -2.40. The number of carbonyl (C=O) groups is 1. The Morgan fingerprint density at radius 2 is 2.29 bits per heavy atom. The molecule has 0 saturated heterocycles. The van der Waals surface area contributed by atoms with Crippen LogP contribution in [0.15, 0.2) is 17.2 Å². The van der Waals surface area contributed by atoms with E-state index < -0.39 is 16.0 Å². The summed E-state index contributed by atoms with van der Waals surface area (Å²) in [6.45, 7) is 0.0619. The van der Waals surface area contributed by atoms with E-state index in [4.69, 9.17) is 10.4 Å². The molecule has 0 fully saturated rings. The van der Waals surface area contributed by atoms with E-state index in [1.54, 1.807) is 0 Å². The Morgan fingerprint density at radius 1 is 1.65 bits per heavy atom. The lowest BCUT2D eigenvalue weighted by atomic mass is 10.4. The molecule has 0 aliphatic heterocycles. The zero-order valence-electron chi connectivity index (χ0n) is 9.04. The summed E-state index contributed by atoms with van der Waals surface area (Å²) in [6.07, 6.45) is 1.19. The van der Waals surface area contributed by atoms with Gasteiger partial charge in [-0.1, -0.05) is 0 Å². The van der Waals surface area contributed by atoms with Crippen LogP contribution in [0.3, 0.4) is 0 Å². The molecule has 0 atom stereocenters. The van der Waals surface area contributed by atoms with E-state index in [9.17, 15) is 13.2 Å². The van der Waals surface area contributed by atoms with Crippen molar-refractivity contribution in [3.8, 4) is 6.07 Å². The number of hydrogen-bond donors (Lipinski definition) is 2. The molecular weight excluding hydrogens is 246 g/mol. The fourth-order valence-electron chi connectivity index (χ4n) is 1.15. The van der Waals surface area contributed by atoms with Crippen molar-refractivity contribution in [1.82, 2.24) is 9.29 Å². The van der Waals surface area contributed by atoms with Crippen LogP contribution in [0.5, 0.6) is 0 Å². The van der Waals surface area contributed by atoms with Gasteiger partial charge in [-0.3, -0.25) is 0 Å². The van der Waals surface area contributed by atoms with Crippen LogP contribution in [0.1, 0.15) is 16.9 Å². The Labute approximate surface area is 98.3 Å². The van der Waals surface area contributed by atoms with Gasteiger partial charge in [-0.05, 0) is 6.07 Å². The van der Waals surface area contributed by atoms with Crippen molar-refractivity contribution in [2.75, 3.05) is 13.6 Å². The highest BCUT2D eigenvalue weighted by atomic mass is 32.2. The van der Waals surface area contributed by atoms with Crippen molar-refractivity contribution in [3.63, 3.8) is 0 Å². The minimum absolute atomic E-state index is 0.0619. The number of aromatic carboxylic acids is 1. The molecule has 17 heavy (non-hydrogen) atoms. The van der Waals surface area contributed by atoms with Gasteiger partial charge in [0.2, 0.25) is 10.0 Å². The van der Waals surface area contributed by atoms with Crippen LogP contribution in [0.4, 0.5) is 0 Å². The maximum atomic E-state index is 11.9. The maximum absolute atomic E-state index is 11.9. The molecule has 8 heteroatoms. The molecule has 0 amide bonds. The van der Waals surface area contributed by atoms with E-state index in [0.29, 0.717) is 0 Å². The molecule has 1 heterocycles. The molecule has 92 valence electrons. The van der Waals surface area contributed by atoms with Crippen LogP contribution in [0, 0.1) is 11.3 Å². The number of hydrogen-bond acceptors (Lipinski definition) is 4. The number of aromatic nitrogens is 1. The molecule has 0 bridgehead atoms. The summed E-state index contributed by atoms with van der Waals surface area (Å²) < 4.78 is 24.8. The lowest BCUT2D eigenvalue weighted by Gasteiger charge is -2.13. The highest BCUT2D eigenvalue weighted by Crippen LogP contribution is 2.15. The summed E-state index contributed by atoms with van der Waals surface area (Å²) >= 11 is 0. The second-order valence-electron chi connectivity index (χ2n) is 3.29. The molecule has 0 radical (unpaired) electrons. The number of rotatable bonds is 5. The van der Waals surface area contributed by atoms with Crippen molar-refractivity contribution < 1.29 is 18.3 Å². The van der Waals surface area contributed by atoms with Crippen molar-refractivity contribution in [2.24, 2.45) is 0 Å². The van der Waals surface area contributed by atoms with Gasteiger partial charge in [0.05, 0.1) is 6.07 Å². The normalized spacial score (nSPS) is 11.4. The van der Waals surface area contributed by atoms with Gasteiger partial charge in [-0.25, -0.2) is 13.2 Å². The Bertz CT molecular complexity index is 555. The highest BCUT2D eigenvalue weighted by Gasteiger charge is 2.22. The van der Waals surface area contributed by atoms with Crippen molar-refractivity contribution in [3.05, 3.63) is 18.0 Å². The second-order valence-corrected chi connectivity index (χ2v) is 5.33. The summed E-state index contributed by atoms with van der Waals surface area (Å²) in [5.74, 6) is -1.23. The van der Waals surface area contributed by atoms with Gasteiger partial charge in [0.15, 0.2) is 0 Å². The SMILES string of the molecule is CN(CCC#N)S(=O)(=O)c1c[nH]c(C(=O)O)c1. The predicted molar refractivity (Wildman–Crippen MR) is 57.8 cm³/mol. The molecule has 0 aliphatic rings. The largest absolute Gasteiger partial charge is 0.477 e. The molecule has 0 saturated carbocycles. The Morgan fingerprint density at radius 3 is 2.76 bits per heavy atom. The molecule has 0 aromatic carbocycles. The van der Waals surface area contributed by atoms with Crippen LogP contribution in [0.25, 0.3) is 0 Å². The molecular formula is C9H11N3O4S. The number of aromatic amines is 1. The Hall–Kier alpha value is -1.85. The monoisotopic (exact) mass is 257 g/mol. The molecule has 2 N–H and O–H groups in total. The summed E-state index contributed by atoms with van der Waals surface area (Å²) in [5.41, 5.74) is -0.197. The van der Waals surface area contributed by atoms with E-state index in [0.717, 1.165) is 16.6 Å². The van der Waals surface area contributed by atoms with Crippen LogP contribution in [-0.2, 0) is 10.0 Å². The molecule has 7 nitrogen and oxygen atoms in total. The van der Waals surface area contributed by atoms with Gasteiger partial charge < -0.3 is 10.1 Å². The quantitative estimate of drug-likeness (QED) is 0.784. The lowest BCUT2D eigenvalue weighted by Crippen LogP contribution is -2.27. The van der Waals surface area contributed by atoms with E-state index in [1.165, 1.54) is 7.05 Å². The first-order valence-electron chi connectivity index (χ1n) is 4.64. The predicted octanol–water partition coefficient (Wildman–Crippen LogP) is 0.247. The van der Waals surface area contributed by atoms with Gasteiger partial charge >= 0.3 is 5.97 Å². The fourth-order valence-corrected chi connectivity index (χ4v) is 2.32. The number of nitrogens with one attached hydrogen (secondary N) is 1. The number of nitrogens with zero attached hydrogens (tertiary/aromatic N) is 2. The van der Waals surface area contributed by atoms with Crippen molar-refractivity contribution in [2.45, 2.75) is 11.3 Å². The first kappa shape index (κ1) is 13.2. The molecule has 1 aromatic rings. The van der Waals surface area contributed by atoms with E-state index in [1.807, 2.05) is 6.07 Å². The Balaban J connectivity index is 2.97. The fraction of sp³-hybridized carbons (Fsp3) is 0.333. The van der Waals surface area contributed by atoms with Gasteiger partial charge in [-0.2, -0.15) is 9.57 Å². The summed E-state index contributed by atoms with van der Waals surface area (Å²) in [4.78, 5) is 12.8. The lowest BCUT2D eigenvalue weighted by molar-refractivity contribution is 0.0691. The minimum atomic E-state index is -3.74. The van der Waals surface area contributed by atoms with Gasteiger partial charge in [0.25, 0.3) is 0 Å². The van der Waals surface area contributed by atoms with Crippen molar-refractivity contribution in [1.29, 1.82) is 5.26 Å². The third kappa shape index (κ3) is 2.83. The van der Waals surface area contributed by atoms with Crippen LogP contribution >= 0.6 is 0 Å². The Kier molecular flexibility index (Phi) is 3.88. The molecule has 0 aliphatic carbocycles. The maximum Gasteiger partial charge on any atom is 0.352 e. The number of carboxylic acid groups (broad SMARTS) is 1. The third-order valence-corrected chi connectivity index (χ3v) is 3.97. The van der Waals surface area contributed by atoms with Gasteiger partial charge in [-0.15, -0.1) is 0 Å². The topological polar surface area (TPSA) is 114 Å². The van der Waals surface area contributed by atoms with Crippen LogP contribution < -0.4 is 0 Å². The van der Waals surface area contributed by atoms with E-state index in [2.05, 4.69) is 4.98 Å². The molecule has 0 spiro atoms. The average Bonchev–Trinajstić information content (AvgIpc) is 2.75. The van der Waals surface area contributed by atoms with Gasteiger partial charge in [0.1, 0.15) is 10.6 Å². The zero-order chi connectivity index (χ0) is 13.1. The number of nitriles is 1. The van der Waals surface area contributed by atoms with E-state index in [-0.39, 0.29) is 23.6 Å². The first-order chi connectivity index (χ1) is 7.89. The smallest absolute Gasteiger partial charge is 0.352 e. The molecule has 1 rings (SSSR count). The average molecular weight is 257 g/mol. The third-order valence-electron chi connectivity index (χ3n) is 2.13. The van der Waals surface area contributed by atoms with Crippen LogP contribution in [0.2, 0.25) is 0 Å². The zero-order valence-corrected chi connectivity index (χ0v) is 9.86. The number of carboxylic acids is 1.